The molecule has 180 valence electrons. The molecular weight excluding hydrogens is 434 g/mol. The Hall–Kier alpha value is -2.73. The molecular formula is C27H37NO4S. The zero-order chi connectivity index (χ0) is 24.4. The van der Waals surface area contributed by atoms with Gasteiger partial charge < -0.3 is 10.2 Å². The molecule has 0 radical (unpaired) electrons. The zero-order valence-electron chi connectivity index (χ0n) is 20.2. The lowest BCUT2D eigenvalue weighted by atomic mass is 10.00. The summed E-state index contributed by atoms with van der Waals surface area (Å²) in [4.78, 5) is -0.147. The van der Waals surface area contributed by atoms with Crippen molar-refractivity contribution in [2.24, 2.45) is 0 Å². The molecule has 0 bridgehead atoms. The standard InChI is InChI=1S/C27H37NO4S/c1-5-6-8-14-22-19-25(29)24(18-17-21(4)13-11-12-20(2)3)26(30)27(22)33(31,32)28-23-15-9-7-10-16-23/h7,9-10,12,15-17,19,28-30H,5-6,8,11,13-14,18H2,1-4H3. The molecule has 33 heavy (non-hydrogen) atoms. The van der Waals surface area contributed by atoms with Crippen molar-refractivity contribution >= 4 is 15.7 Å². The molecule has 0 amide bonds. The first-order valence-electron chi connectivity index (χ1n) is 11.6. The van der Waals surface area contributed by atoms with E-state index >= 15 is 0 Å². The molecule has 0 aromatic heterocycles. The van der Waals surface area contributed by atoms with E-state index in [4.69, 9.17) is 0 Å². The van der Waals surface area contributed by atoms with E-state index in [-0.39, 0.29) is 28.4 Å². The van der Waals surface area contributed by atoms with Gasteiger partial charge in [-0.25, -0.2) is 8.42 Å². The number of aromatic hydroxyl groups is 2. The highest BCUT2D eigenvalue weighted by Gasteiger charge is 2.27. The van der Waals surface area contributed by atoms with E-state index in [9.17, 15) is 18.6 Å². The summed E-state index contributed by atoms with van der Waals surface area (Å²) in [5, 5.41) is 21.7. The van der Waals surface area contributed by atoms with Crippen LogP contribution in [0.2, 0.25) is 0 Å². The van der Waals surface area contributed by atoms with Gasteiger partial charge in [0.1, 0.15) is 16.4 Å². The Balaban J connectivity index is 2.43. The Kier molecular flexibility index (Phi) is 10.0. The number of para-hydroxylation sites is 1. The van der Waals surface area contributed by atoms with E-state index < -0.39 is 10.0 Å². The van der Waals surface area contributed by atoms with Crippen molar-refractivity contribution in [2.45, 2.75) is 77.5 Å². The summed E-state index contributed by atoms with van der Waals surface area (Å²) in [6.07, 6.45) is 9.27. The lowest BCUT2D eigenvalue weighted by Crippen LogP contribution is -2.16. The highest BCUT2D eigenvalue weighted by atomic mass is 32.2. The molecule has 5 nitrogen and oxygen atoms in total. The van der Waals surface area contributed by atoms with Crippen LogP contribution >= 0.6 is 0 Å². The van der Waals surface area contributed by atoms with Gasteiger partial charge in [0.05, 0.1) is 0 Å². The van der Waals surface area contributed by atoms with Crippen molar-refractivity contribution in [3.05, 3.63) is 70.8 Å². The summed E-state index contributed by atoms with van der Waals surface area (Å²) in [6, 6.07) is 10.1. The van der Waals surface area contributed by atoms with Gasteiger partial charge in [0.15, 0.2) is 0 Å². The molecule has 2 aromatic rings. The Morgan fingerprint density at radius 3 is 2.36 bits per heavy atom. The Morgan fingerprint density at radius 1 is 1.03 bits per heavy atom. The fraction of sp³-hybridized carbons (Fsp3) is 0.407. The SMILES string of the molecule is CCCCCc1cc(O)c(CC=C(C)CCC=C(C)C)c(O)c1S(=O)(=O)Nc1ccccc1. The van der Waals surface area contributed by atoms with E-state index in [0.717, 1.165) is 37.7 Å². The Bertz CT molecular complexity index is 1080. The van der Waals surface area contributed by atoms with Crippen LogP contribution in [0.3, 0.4) is 0 Å². The average Bonchev–Trinajstić information content (AvgIpc) is 2.73. The second-order valence-electron chi connectivity index (χ2n) is 8.71. The summed E-state index contributed by atoms with van der Waals surface area (Å²) >= 11 is 0. The van der Waals surface area contributed by atoms with Crippen LogP contribution in [0.4, 0.5) is 5.69 Å². The summed E-state index contributed by atoms with van der Waals surface area (Å²) in [5.74, 6) is -0.454. The minimum Gasteiger partial charge on any atom is -0.508 e. The topological polar surface area (TPSA) is 86.6 Å². The van der Waals surface area contributed by atoms with Crippen molar-refractivity contribution < 1.29 is 18.6 Å². The number of benzene rings is 2. The first-order chi connectivity index (χ1) is 15.7. The number of phenols is 2. The van der Waals surface area contributed by atoms with E-state index in [1.807, 2.05) is 13.0 Å². The lowest BCUT2D eigenvalue weighted by Gasteiger charge is -2.17. The molecule has 0 spiro atoms. The molecule has 0 aliphatic heterocycles. The smallest absolute Gasteiger partial charge is 0.265 e. The number of rotatable bonds is 12. The van der Waals surface area contributed by atoms with Crippen molar-refractivity contribution in [2.75, 3.05) is 4.72 Å². The average molecular weight is 472 g/mol. The van der Waals surface area contributed by atoms with Gasteiger partial charge >= 0.3 is 0 Å². The fourth-order valence-electron chi connectivity index (χ4n) is 3.66. The maximum Gasteiger partial charge on any atom is 0.265 e. The first kappa shape index (κ1) is 26.5. The molecule has 0 aliphatic carbocycles. The molecule has 0 saturated carbocycles. The molecule has 0 heterocycles. The highest BCUT2D eigenvalue weighted by molar-refractivity contribution is 7.92. The van der Waals surface area contributed by atoms with Crippen LogP contribution in [-0.2, 0) is 22.9 Å². The van der Waals surface area contributed by atoms with Gasteiger partial charge in [0.25, 0.3) is 10.0 Å². The van der Waals surface area contributed by atoms with Crippen LogP contribution in [0.1, 0.15) is 70.9 Å². The third-order valence-electron chi connectivity index (χ3n) is 5.50. The molecule has 0 aliphatic rings. The molecule has 6 heteroatoms. The Morgan fingerprint density at radius 2 is 1.73 bits per heavy atom. The van der Waals surface area contributed by atoms with Crippen LogP contribution in [0.25, 0.3) is 0 Å². The number of sulfonamides is 1. The van der Waals surface area contributed by atoms with Crippen molar-refractivity contribution in [3.63, 3.8) is 0 Å². The maximum absolute atomic E-state index is 13.3. The quantitative estimate of drug-likeness (QED) is 0.233. The number of allylic oxidation sites excluding steroid dienone is 4. The number of hydrogen-bond acceptors (Lipinski definition) is 4. The fourth-order valence-corrected chi connectivity index (χ4v) is 5.09. The van der Waals surface area contributed by atoms with Gasteiger partial charge in [0.2, 0.25) is 0 Å². The normalized spacial score (nSPS) is 11.9. The molecule has 0 unspecified atom stereocenters. The maximum atomic E-state index is 13.3. The second-order valence-corrected chi connectivity index (χ2v) is 10.3. The molecule has 3 N–H and O–H groups in total. The summed E-state index contributed by atoms with van der Waals surface area (Å²) in [7, 11) is -4.05. The minimum absolute atomic E-state index is 0.0778. The summed E-state index contributed by atoms with van der Waals surface area (Å²) in [6.45, 7) is 8.19. The largest absolute Gasteiger partial charge is 0.508 e. The second kappa shape index (κ2) is 12.5. The predicted octanol–water partition coefficient (Wildman–Crippen LogP) is 6.87. The number of nitrogens with one attached hydrogen (secondary N) is 1. The summed E-state index contributed by atoms with van der Waals surface area (Å²) < 4.78 is 29.2. The van der Waals surface area contributed by atoms with Gasteiger partial charge in [-0.1, -0.05) is 61.3 Å². The number of hydrogen-bond donors (Lipinski definition) is 3. The van der Waals surface area contributed by atoms with Crippen LogP contribution in [0.15, 0.2) is 64.6 Å². The van der Waals surface area contributed by atoms with Gasteiger partial charge in [-0.3, -0.25) is 4.72 Å². The van der Waals surface area contributed by atoms with Gasteiger partial charge in [-0.2, -0.15) is 0 Å². The third-order valence-corrected chi connectivity index (χ3v) is 7.00. The molecule has 0 fully saturated rings. The van der Waals surface area contributed by atoms with Crippen molar-refractivity contribution in [1.29, 1.82) is 0 Å². The molecule has 2 aromatic carbocycles. The van der Waals surface area contributed by atoms with Gasteiger partial charge in [0, 0.05) is 11.3 Å². The molecule has 0 atom stereocenters. The first-order valence-corrected chi connectivity index (χ1v) is 13.1. The van der Waals surface area contributed by atoms with Gasteiger partial charge in [-0.05, 0) is 76.6 Å². The van der Waals surface area contributed by atoms with Crippen LogP contribution in [0, 0.1) is 0 Å². The Labute approximate surface area is 198 Å². The predicted molar refractivity (Wildman–Crippen MR) is 136 cm³/mol. The number of aryl methyl sites for hydroxylation is 1. The number of unbranched alkanes of at least 4 members (excludes halogenated alkanes) is 2. The van der Waals surface area contributed by atoms with E-state index in [2.05, 4.69) is 31.6 Å². The molecule has 0 saturated heterocycles. The van der Waals surface area contributed by atoms with Crippen LogP contribution in [-0.4, -0.2) is 18.6 Å². The van der Waals surface area contributed by atoms with E-state index in [0.29, 0.717) is 17.7 Å². The number of phenolic OH excluding ortho intramolecular Hbond substituents is 2. The highest BCUT2D eigenvalue weighted by Crippen LogP contribution is 2.39. The number of anilines is 1. The van der Waals surface area contributed by atoms with Crippen LogP contribution in [0.5, 0.6) is 11.5 Å². The molecule has 2 rings (SSSR count). The summed E-state index contributed by atoms with van der Waals surface area (Å²) in [5.41, 5.74) is 3.45. The van der Waals surface area contributed by atoms with Crippen LogP contribution < -0.4 is 4.72 Å². The van der Waals surface area contributed by atoms with Gasteiger partial charge in [-0.15, -0.1) is 0 Å². The van der Waals surface area contributed by atoms with Crippen molar-refractivity contribution in [1.82, 2.24) is 0 Å². The third kappa shape index (κ3) is 7.97. The minimum atomic E-state index is -4.05. The van der Waals surface area contributed by atoms with E-state index in [1.165, 1.54) is 11.6 Å². The monoisotopic (exact) mass is 471 g/mol. The van der Waals surface area contributed by atoms with E-state index in [1.54, 1.807) is 30.3 Å². The zero-order valence-corrected chi connectivity index (χ0v) is 21.0. The lowest BCUT2D eigenvalue weighted by molar-refractivity contribution is 0.427. The van der Waals surface area contributed by atoms with Crippen molar-refractivity contribution in [3.8, 4) is 11.5 Å².